The molecule has 0 spiro atoms. The average Bonchev–Trinajstić information content (AvgIpc) is 3.63. The maximum Gasteiger partial charge on any atom is 0.434 e. The highest BCUT2D eigenvalue weighted by Crippen LogP contribution is 2.26. The molecule has 2 N–H and O–H groups in total. The van der Waals surface area contributed by atoms with Crippen LogP contribution in [0.15, 0.2) is 71.0 Å². The fourth-order valence-electron chi connectivity index (χ4n) is 4.95. The second-order valence-electron chi connectivity index (χ2n) is 15.4. The first kappa shape index (κ1) is 41.9. The van der Waals surface area contributed by atoms with Crippen molar-refractivity contribution in [3.05, 3.63) is 82.9 Å². The van der Waals surface area contributed by atoms with E-state index >= 15 is 0 Å². The monoisotopic (exact) mass is 777 g/mol. The fourth-order valence-corrected chi connectivity index (χ4v) is 5.79. The van der Waals surface area contributed by atoms with Crippen molar-refractivity contribution in [1.29, 1.82) is 0 Å². The van der Waals surface area contributed by atoms with Gasteiger partial charge < -0.3 is 33.9 Å². The summed E-state index contributed by atoms with van der Waals surface area (Å²) in [5.74, 6) is -0.698. The highest BCUT2D eigenvalue weighted by atomic mass is 32.1. The van der Waals surface area contributed by atoms with Crippen LogP contribution in [-0.2, 0) is 34.4 Å². The summed E-state index contributed by atoms with van der Waals surface area (Å²) in [7, 11) is 1.85. The summed E-state index contributed by atoms with van der Waals surface area (Å²) in [6, 6.07) is 17.5. The van der Waals surface area contributed by atoms with Gasteiger partial charge in [0.1, 0.15) is 34.9 Å². The van der Waals surface area contributed by atoms with E-state index in [9.17, 15) is 29.1 Å². The zero-order valence-corrected chi connectivity index (χ0v) is 33.4. The van der Waals surface area contributed by atoms with Gasteiger partial charge in [0, 0.05) is 12.7 Å². The molecule has 4 aromatic rings. The zero-order valence-electron chi connectivity index (χ0n) is 32.6. The number of aryl methyl sites for hydroxylation is 1. The molecular formula is C39H47N5O10S. The Morgan fingerprint density at radius 2 is 1.36 bits per heavy atom. The second kappa shape index (κ2) is 16.6. The Labute approximate surface area is 323 Å². The number of nitrogens with one attached hydrogen (secondary N) is 1. The molecule has 2 aromatic heterocycles. The maximum atomic E-state index is 13.7. The molecule has 5 amide bonds. The number of carboxylic acid groups (broad SMARTS) is 1. The van der Waals surface area contributed by atoms with Crippen LogP contribution in [0, 0.1) is 0 Å². The SMILES string of the molecule is Cn1c(C(=O)Nc2cccc(COc3ccc(CN(C(=O)OC(C)(C)C)/C(=N/C(=O)O)N(C(=O)OC(C)(C)C)C(=O)OC(C)(C)C)cc3)c2)cc2sccc21. The van der Waals surface area contributed by atoms with E-state index in [1.165, 1.54) is 0 Å². The lowest BCUT2D eigenvalue weighted by Gasteiger charge is -2.33. The van der Waals surface area contributed by atoms with Gasteiger partial charge in [0.25, 0.3) is 5.91 Å². The lowest BCUT2D eigenvalue weighted by molar-refractivity contribution is 0.0104. The highest BCUT2D eigenvalue weighted by Gasteiger charge is 2.41. The van der Waals surface area contributed by atoms with Gasteiger partial charge in [-0.25, -0.2) is 24.1 Å². The Balaban J connectivity index is 1.56. The van der Waals surface area contributed by atoms with Gasteiger partial charge in [-0.3, -0.25) is 4.79 Å². The van der Waals surface area contributed by atoms with Gasteiger partial charge in [0.2, 0.25) is 5.96 Å². The van der Waals surface area contributed by atoms with Crippen molar-refractivity contribution >= 4 is 63.5 Å². The largest absolute Gasteiger partial charge is 0.489 e. The summed E-state index contributed by atoms with van der Waals surface area (Å²) in [4.78, 5) is 70.3. The Bertz CT molecular complexity index is 2050. The summed E-state index contributed by atoms with van der Waals surface area (Å²) in [6.45, 7) is 13.8. The molecule has 0 bridgehead atoms. The van der Waals surface area contributed by atoms with E-state index in [0.29, 0.717) is 22.7 Å². The summed E-state index contributed by atoms with van der Waals surface area (Å²) in [6.07, 6.45) is -5.58. The molecule has 0 aliphatic rings. The first-order valence-corrected chi connectivity index (χ1v) is 18.1. The number of thiophene rings is 1. The van der Waals surface area contributed by atoms with E-state index in [4.69, 9.17) is 18.9 Å². The van der Waals surface area contributed by atoms with Gasteiger partial charge in [-0.15, -0.1) is 21.2 Å². The predicted molar refractivity (Wildman–Crippen MR) is 208 cm³/mol. The Morgan fingerprint density at radius 1 is 0.782 bits per heavy atom. The number of anilines is 1. The van der Waals surface area contributed by atoms with E-state index in [0.717, 1.165) is 20.7 Å². The Morgan fingerprint density at radius 3 is 1.91 bits per heavy atom. The number of fused-ring (bicyclic) bond motifs is 1. The van der Waals surface area contributed by atoms with Crippen LogP contribution in [-0.4, -0.2) is 72.5 Å². The van der Waals surface area contributed by atoms with Crippen molar-refractivity contribution in [2.24, 2.45) is 12.0 Å². The predicted octanol–water partition coefficient (Wildman–Crippen LogP) is 9.01. The molecule has 0 aliphatic carbocycles. The topological polar surface area (TPSA) is 178 Å². The van der Waals surface area contributed by atoms with Gasteiger partial charge in [-0.2, -0.15) is 0 Å². The van der Waals surface area contributed by atoms with Crippen molar-refractivity contribution in [2.45, 2.75) is 92.3 Å². The van der Waals surface area contributed by atoms with E-state index in [-0.39, 0.29) is 17.4 Å². The van der Waals surface area contributed by atoms with E-state index in [2.05, 4.69) is 10.3 Å². The zero-order chi connectivity index (χ0) is 40.9. The van der Waals surface area contributed by atoms with Gasteiger partial charge in [-0.1, -0.05) is 24.3 Å². The number of benzene rings is 2. The number of carbonyl (C=O) groups excluding carboxylic acids is 4. The number of ether oxygens (including phenoxy) is 4. The van der Waals surface area contributed by atoms with Crippen LogP contribution in [0.1, 0.15) is 83.9 Å². The third kappa shape index (κ3) is 12.1. The van der Waals surface area contributed by atoms with Crippen molar-refractivity contribution in [2.75, 3.05) is 5.32 Å². The lowest BCUT2D eigenvalue weighted by atomic mass is 10.2. The van der Waals surface area contributed by atoms with Crippen LogP contribution >= 0.6 is 11.3 Å². The molecule has 2 aromatic carbocycles. The Kier molecular flexibility index (Phi) is 12.7. The quantitative estimate of drug-likeness (QED) is 0.105. The smallest absolute Gasteiger partial charge is 0.434 e. The Hall–Kier alpha value is -5.90. The summed E-state index contributed by atoms with van der Waals surface area (Å²) >= 11 is 1.57. The summed E-state index contributed by atoms with van der Waals surface area (Å²) < 4.78 is 25.3. The number of amides is 5. The molecule has 55 heavy (non-hydrogen) atoms. The fraction of sp³-hybridized carbons (Fsp3) is 0.385. The number of rotatable bonds is 7. The number of aromatic nitrogens is 1. The number of nitrogens with zero attached hydrogens (tertiary/aromatic N) is 4. The molecule has 0 atom stereocenters. The molecule has 4 rings (SSSR count). The number of imide groups is 1. The number of carbonyl (C=O) groups is 5. The lowest BCUT2D eigenvalue weighted by Crippen LogP contribution is -2.55. The molecule has 15 nitrogen and oxygen atoms in total. The number of hydrogen-bond acceptors (Lipinski definition) is 10. The normalized spacial score (nSPS) is 12.1. The van der Waals surface area contributed by atoms with Crippen LogP contribution in [0.5, 0.6) is 5.75 Å². The van der Waals surface area contributed by atoms with Crippen molar-refractivity contribution in [3.63, 3.8) is 0 Å². The summed E-state index contributed by atoms with van der Waals surface area (Å²) in [5, 5.41) is 14.7. The molecule has 0 radical (unpaired) electrons. The third-order valence-electron chi connectivity index (χ3n) is 7.15. The molecule has 0 saturated carbocycles. The van der Waals surface area contributed by atoms with E-state index in [1.807, 2.05) is 35.2 Å². The molecule has 0 fully saturated rings. The van der Waals surface area contributed by atoms with Gasteiger partial charge in [-0.05, 0) is 115 Å². The second-order valence-corrected chi connectivity index (χ2v) is 16.4. The molecule has 2 heterocycles. The van der Waals surface area contributed by atoms with Crippen LogP contribution in [0.3, 0.4) is 0 Å². The van der Waals surface area contributed by atoms with Crippen LogP contribution in [0.25, 0.3) is 10.2 Å². The minimum atomic E-state index is -1.81. The average molecular weight is 778 g/mol. The third-order valence-corrected chi connectivity index (χ3v) is 8.01. The first-order chi connectivity index (χ1) is 25.5. The van der Waals surface area contributed by atoms with Gasteiger partial charge in [0.15, 0.2) is 0 Å². The first-order valence-electron chi connectivity index (χ1n) is 17.2. The van der Waals surface area contributed by atoms with E-state index < -0.39 is 53.7 Å². The number of guanidine groups is 1. The van der Waals surface area contributed by atoms with Gasteiger partial charge in [0.05, 0.1) is 16.8 Å². The molecule has 294 valence electrons. The number of aliphatic imine (C=N–C) groups is 1. The molecular weight excluding hydrogens is 731 g/mol. The van der Waals surface area contributed by atoms with Crippen LogP contribution in [0.2, 0.25) is 0 Å². The standard InChI is InChI=1S/C39H47N5O10S/c1-37(2,3)52-34(48)43(32(41-33(46)47)44(35(49)53-38(4,5)6)36(50)54-39(7,8)9)22-24-14-16-27(17-15-24)51-23-25-12-11-13-26(20-25)40-31(45)29-21-30-28(42(29)10)18-19-55-30/h11-21H,22-23H2,1-10H3,(H,40,45)(H,46,47)/b41-32-. The number of hydrogen-bond donors (Lipinski definition) is 2. The molecule has 0 saturated heterocycles. The van der Waals surface area contributed by atoms with Crippen LogP contribution < -0.4 is 10.1 Å². The maximum absolute atomic E-state index is 13.7. The van der Waals surface area contributed by atoms with Gasteiger partial charge >= 0.3 is 24.4 Å². The summed E-state index contributed by atoms with van der Waals surface area (Å²) in [5.41, 5.74) is -0.00331. The van der Waals surface area contributed by atoms with E-state index in [1.54, 1.807) is 116 Å². The van der Waals surface area contributed by atoms with Crippen molar-refractivity contribution in [1.82, 2.24) is 14.4 Å². The molecule has 0 aliphatic heterocycles. The molecule has 0 unspecified atom stereocenters. The highest BCUT2D eigenvalue weighted by molar-refractivity contribution is 7.17. The minimum absolute atomic E-state index is 0.156. The van der Waals surface area contributed by atoms with Crippen LogP contribution in [0.4, 0.5) is 24.9 Å². The van der Waals surface area contributed by atoms with Crippen molar-refractivity contribution < 1.29 is 48.0 Å². The minimum Gasteiger partial charge on any atom is -0.489 e. The van der Waals surface area contributed by atoms with Crippen molar-refractivity contribution in [3.8, 4) is 5.75 Å². The molecule has 16 heteroatoms.